The summed E-state index contributed by atoms with van der Waals surface area (Å²) in [7, 11) is 1.46. The van der Waals surface area contributed by atoms with E-state index in [1.807, 2.05) is 13.8 Å². The Kier molecular flexibility index (Phi) is 3.78. The molecule has 0 aliphatic rings. The first-order chi connectivity index (χ1) is 7.15. The van der Waals surface area contributed by atoms with E-state index < -0.39 is 6.09 Å². The molecular weight excluding hydrogens is 198 g/mol. The predicted molar refractivity (Wildman–Crippen MR) is 53.2 cm³/mol. The van der Waals surface area contributed by atoms with Gasteiger partial charge in [-0.1, -0.05) is 19.0 Å². The van der Waals surface area contributed by atoms with Gasteiger partial charge in [0.25, 0.3) is 0 Å². The Morgan fingerprint density at radius 3 is 2.80 bits per heavy atom. The first-order valence-electron chi connectivity index (χ1n) is 4.46. The first-order valence-corrected chi connectivity index (χ1v) is 4.46. The van der Waals surface area contributed by atoms with Crippen LogP contribution in [0.3, 0.4) is 0 Å². The van der Waals surface area contributed by atoms with Crippen molar-refractivity contribution in [2.45, 2.75) is 13.8 Å². The van der Waals surface area contributed by atoms with Gasteiger partial charge in [-0.15, -0.1) is 0 Å². The predicted octanol–water partition coefficient (Wildman–Crippen LogP) is 0.452. The van der Waals surface area contributed by atoms with Crippen molar-refractivity contribution in [3.8, 4) is 0 Å². The molecule has 1 N–H and O–H groups in total. The molecule has 0 unspecified atom stereocenters. The van der Waals surface area contributed by atoms with E-state index in [9.17, 15) is 4.79 Å². The van der Waals surface area contributed by atoms with E-state index in [2.05, 4.69) is 25.4 Å². The molecule has 0 fully saturated rings. The van der Waals surface area contributed by atoms with Crippen LogP contribution in [0.4, 0.5) is 4.79 Å². The molecule has 0 aliphatic heterocycles. The van der Waals surface area contributed by atoms with Gasteiger partial charge in [0.1, 0.15) is 12.7 Å². The minimum absolute atomic E-state index is 0.0661. The highest BCUT2D eigenvalue weighted by atomic mass is 16.7. The van der Waals surface area contributed by atoms with Crippen molar-refractivity contribution in [1.82, 2.24) is 20.1 Å². The minimum atomic E-state index is -0.617. The van der Waals surface area contributed by atoms with Crippen LogP contribution in [-0.4, -0.2) is 33.7 Å². The number of nitrogens with one attached hydrogen (secondary N) is 1. The quantitative estimate of drug-likeness (QED) is 0.333. The van der Waals surface area contributed by atoms with Gasteiger partial charge in [-0.05, 0) is 0 Å². The monoisotopic (exact) mass is 211 g/mol. The maximum absolute atomic E-state index is 10.8. The summed E-state index contributed by atoms with van der Waals surface area (Å²) in [5, 5.41) is 9.90. The second-order valence-corrected chi connectivity index (χ2v) is 3.07. The normalized spacial score (nSPS) is 11.6. The Morgan fingerprint density at radius 2 is 2.33 bits per heavy atom. The molecule has 0 saturated carbocycles. The number of nitrogens with zero attached hydrogens (tertiary/aromatic N) is 4. The Bertz CT molecular complexity index is 344. The highest BCUT2D eigenvalue weighted by molar-refractivity contribution is 5.85. The first kappa shape index (κ1) is 11.2. The summed E-state index contributed by atoms with van der Waals surface area (Å²) in [6.07, 6.45) is 2.26. The summed E-state index contributed by atoms with van der Waals surface area (Å²) in [6, 6.07) is 0. The van der Waals surface area contributed by atoms with Crippen LogP contribution in [0.5, 0.6) is 0 Å². The van der Waals surface area contributed by atoms with E-state index in [1.165, 1.54) is 24.4 Å². The van der Waals surface area contributed by atoms with Crippen molar-refractivity contribution in [2.24, 2.45) is 11.1 Å². The van der Waals surface area contributed by atoms with Crippen molar-refractivity contribution in [2.75, 3.05) is 7.05 Å². The number of oxime groups is 1. The molecule has 1 aromatic rings. The van der Waals surface area contributed by atoms with Crippen LogP contribution in [0.2, 0.25) is 0 Å². The van der Waals surface area contributed by atoms with Gasteiger partial charge in [0.05, 0.1) is 0 Å². The van der Waals surface area contributed by atoms with Gasteiger partial charge in [-0.3, -0.25) is 4.84 Å². The van der Waals surface area contributed by atoms with Gasteiger partial charge in [0, 0.05) is 13.0 Å². The van der Waals surface area contributed by atoms with E-state index >= 15 is 0 Å². The van der Waals surface area contributed by atoms with Crippen LogP contribution >= 0.6 is 0 Å². The maximum Gasteiger partial charge on any atom is 0.433 e. The van der Waals surface area contributed by atoms with E-state index in [0.29, 0.717) is 5.84 Å². The second kappa shape index (κ2) is 5.08. The smallest absolute Gasteiger partial charge is 0.323 e. The van der Waals surface area contributed by atoms with Crippen molar-refractivity contribution >= 4 is 11.9 Å². The number of hydrogen-bond donors (Lipinski definition) is 1. The summed E-state index contributed by atoms with van der Waals surface area (Å²) < 4.78 is 1.45. The summed E-state index contributed by atoms with van der Waals surface area (Å²) in [4.78, 5) is 19.2. The third-order valence-electron chi connectivity index (χ3n) is 1.60. The molecule has 1 heterocycles. The SMILES string of the molecule is CNC(=O)ON=C(C(C)C)n1cncn1. The Morgan fingerprint density at radius 1 is 1.60 bits per heavy atom. The molecule has 0 spiro atoms. The molecule has 0 aliphatic carbocycles. The molecule has 15 heavy (non-hydrogen) atoms. The molecule has 0 aromatic carbocycles. The van der Waals surface area contributed by atoms with Crippen LogP contribution in [-0.2, 0) is 4.84 Å². The van der Waals surface area contributed by atoms with Crippen molar-refractivity contribution in [1.29, 1.82) is 0 Å². The van der Waals surface area contributed by atoms with Crippen molar-refractivity contribution in [3.63, 3.8) is 0 Å². The fraction of sp³-hybridized carbons (Fsp3) is 0.500. The molecule has 7 heteroatoms. The summed E-state index contributed by atoms with van der Waals surface area (Å²) in [5.74, 6) is 0.576. The number of hydrogen-bond acceptors (Lipinski definition) is 5. The number of amides is 1. The number of carbonyl (C=O) groups excluding carboxylic acids is 1. The molecule has 1 amide bonds. The second-order valence-electron chi connectivity index (χ2n) is 3.07. The number of rotatable bonds is 2. The largest absolute Gasteiger partial charge is 0.433 e. The third-order valence-corrected chi connectivity index (χ3v) is 1.60. The van der Waals surface area contributed by atoms with Crippen molar-refractivity contribution in [3.05, 3.63) is 12.7 Å². The molecule has 0 radical (unpaired) electrons. The Balaban J connectivity index is 2.79. The zero-order chi connectivity index (χ0) is 11.3. The van der Waals surface area contributed by atoms with Crippen LogP contribution in [0.15, 0.2) is 17.8 Å². The van der Waals surface area contributed by atoms with Gasteiger partial charge in [0.2, 0.25) is 0 Å². The lowest BCUT2D eigenvalue weighted by Gasteiger charge is -2.07. The average molecular weight is 211 g/mol. The number of carbonyl (C=O) groups is 1. The van der Waals surface area contributed by atoms with E-state index in [1.54, 1.807) is 0 Å². The molecular formula is C8H13N5O2. The average Bonchev–Trinajstić information content (AvgIpc) is 2.70. The third kappa shape index (κ3) is 3.04. The lowest BCUT2D eigenvalue weighted by Crippen LogP contribution is -2.23. The summed E-state index contributed by atoms with van der Waals surface area (Å²) in [6.45, 7) is 3.82. The molecule has 0 atom stereocenters. The number of aromatic nitrogens is 3. The van der Waals surface area contributed by atoms with Gasteiger partial charge in [-0.2, -0.15) is 5.10 Å². The fourth-order valence-corrected chi connectivity index (χ4v) is 0.872. The van der Waals surface area contributed by atoms with Crippen molar-refractivity contribution < 1.29 is 9.63 Å². The van der Waals surface area contributed by atoms with E-state index in [4.69, 9.17) is 0 Å². The van der Waals surface area contributed by atoms with Gasteiger partial charge in [0.15, 0.2) is 5.84 Å². The zero-order valence-corrected chi connectivity index (χ0v) is 8.84. The molecule has 1 aromatic heterocycles. The van der Waals surface area contributed by atoms with Crippen LogP contribution < -0.4 is 5.32 Å². The van der Waals surface area contributed by atoms with Crippen LogP contribution in [0.25, 0.3) is 0 Å². The van der Waals surface area contributed by atoms with Crippen LogP contribution in [0, 0.1) is 5.92 Å². The van der Waals surface area contributed by atoms with Gasteiger partial charge in [-0.25, -0.2) is 14.5 Å². The molecule has 0 bridgehead atoms. The van der Waals surface area contributed by atoms with E-state index in [-0.39, 0.29) is 5.92 Å². The molecule has 1 rings (SSSR count). The topological polar surface area (TPSA) is 81.4 Å². The molecule has 7 nitrogen and oxygen atoms in total. The maximum atomic E-state index is 10.8. The Hall–Kier alpha value is -1.92. The zero-order valence-electron chi connectivity index (χ0n) is 8.84. The standard InChI is InChI=1S/C8H13N5O2/c1-6(2)7(12-15-8(14)9-3)13-5-10-4-11-13/h4-6H,1-3H3,(H,9,14). The summed E-state index contributed by atoms with van der Waals surface area (Å²) >= 11 is 0. The lowest BCUT2D eigenvalue weighted by molar-refractivity contribution is 0.152. The Labute approximate surface area is 87.1 Å². The highest BCUT2D eigenvalue weighted by Crippen LogP contribution is 2.00. The lowest BCUT2D eigenvalue weighted by atomic mass is 10.2. The van der Waals surface area contributed by atoms with E-state index in [0.717, 1.165) is 0 Å². The van der Waals surface area contributed by atoms with Crippen LogP contribution in [0.1, 0.15) is 13.8 Å². The van der Waals surface area contributed by atoms with Gasteiger partial charge < -0.3 is 5.32 Å². The molecule has 82 valence electrons. The summed E-state index contributed by atoms with van der Waals surface area (Å²) in [5.41, 5.74) is 0. The molecule has 0 saturated heterocycles. The van der Waals surface area contributed by atoms with Gasteiger partial charge >= 0.3 is 6.09 Å². The fourth-order valence-electron chi connectivity index (χ4n) is 0.872. The minimum Gasteiger partial charge on any atom is -0.323 e. The highest BCUT2D eigenvalue weighted by Gasteiger charge is 2.10.